The Kier molecular flexibility index (Phi) is 6.86. The first-order chi connectivity index (χ1) is 7.84. The average Bonchev–Trinajstić information content (AvgIpc) is 2.28. The number of Topliss-reactive ketones (excluding diaryl/α,β-unsaturated/α-hetero) is 1. The lowest BCUT2D eigenvalue weighted by atomic mass is 9.97. The Balaban J connectivity index is 2.39. The van der Waals surface area contributed by atoms with E-state index >= 15 is 0 Å². The van der Waals surface area contributed by atoms with Crippen LogP contribution in [-0.4, -0.2) is 18.2 Å². The maximum absolute atomic E-state index is 11.8. The van der Waals surface area contributed by atoms with Crippen molar-refractivity contribution in [1.29, 1.82) is 0 Å². The van der Waals surface area contributed by atoms with Gasteiger partial charge in [-0.1, -0.05) is 44.9 Å². The molecule has 1 atom stereocenters. The zero-order valence-corrected chi connectivity index (χ0v) is 10.0. The molecule has 0 aliphatic heterocycles. The molecule has 1 aliphatic carbocycles. The van der Waals surface area contributed by atoms with Crippen molar-refractivity contribution in [3.63, 3.8) is 0 Å². The number of amides is 1. The Hall–Kier alpha value is -0.860. The predicted molar refractivity (Wildman–Crippen MR) is 64.2 cm³/mol. The van der Waals surface area contributed by atoms with Gasteiger partial charge in [0, 0.05) is 6.42 Å². The van der Waals surface area contributed by atoms with Crippen molar-refractivity contribution < 1.29 is 9.59 Å². The molecule has 1 rings (SSSR count). The van der Waals surface area contributed by atoms with Gasteiger partial charge >= 0.3 is 0 Å². The number of rotatable bonds is 2. The minimum absolute atomic E-state index is 0.215. The maximum Gasteiger partial charge on any atom is 0.207 e. The molecule has 16 heavy (non-hydrogen) atoms. The van der Waals surface area contributed by atoms with Crippen LogP contribution in [0.3, 0.4) is 0 Å². The zero-order chi connectivity index (χ0) is 11.6. The molecular formula is C13H23NO2. The smallest absolute Gasteiger partial charge is 0.207 e. The molecule has 3 heteroatoms. The predicted octanol–water partition coefficient (Wildman–Crippen LogP) is 2.58. The van der Waals surface area contributed by atoms with Crippen LogP contribution in [0.1, 0.15) is 64.2 Å². The minimum atomic E-state index is -0.225. The Morgan fingerprint density at radius 2 is 1.50 bits per heavy atom. The summed E-state index contributed by atoms with van der Waals surface area (Å²) in [5.41, 5.74) is 0. The number of hydrogen-bond donors (Lipinski definition) is 1. The van der Waals surface area contributed by atoms with Crippen molar-refractivity contribution in [2.45, 2.75) is 70.3 Å². The summed E-state index contributed by atoms with van der Waals surface area (Å²) in [6.45, 7) is 0. The third-order valence-electron chi connectivity index (χ3n) is 3.32. The molecule has 1 fully saturated rings. The van der Waals surface area contributed by atoms with Crippen molar-refractivity contribution in [1.82, 2.24) is 5.32 Å². The fraction of sp³-hybridized carbons (Fsp3) is 0.846. The monoisotopic (exact) mass is 225 g/mol. The zero-order valence-electron chi connectivity index (χ0n) is 10.0. The van der Waals surface area contributed by atoms with Gasteiger partial charge in [0.05, 0.1) is 6.04 Å². The van der Waals surface area contributed by atoms with Gasteiger partial charge in [-0.15, -0.1) is 0 Å². The Labute approximate surface area is 98.0 Å². The lowest BCUT2D eigenvalue weighted by Crippen LogP contribution is -2.35. The molecule has 1 saturated carbocycles. The summed E-state index contributed by atoms with van der Waals surface area (Å²) in [6.07, 6.45) is 11.6. The van der Waals surface area contributed by atoms with Gasteiger partial charge in [-0.25, -0.2) is 0 Å². The number of hydrogen-bond acceptors (Lipinski definition) is 2. The van der Waals surface area contributed by atoms with Crippen LogP contribution < -0.4 is 5.32 Å². The van der Waals surface area contributed by atoms with E-state index in [1.165, 1.54) is 32.1 Å². The van der Waals surface area contributed by atoms with Gasteiger partial charge in [-0.05, 0) is 12.8 Å². The molecule has 0 radical (unpaired) electrons. The van der Waals surface area contributed by atoms with Gasteiger partial charge in [0.2, 0.25) is 6.41 Å². The maximum atomic E-state index is 11.8. The Morgan fingerprint density at radius 1 is 0.938 bits per heavy atom. The van der Waals surface area contributed by atoms with E-state index in [0.29, 0.717) is 12.8 Å². The third kappa shape index (κ3) is 5.29. The van der Waals surface area contributed by atoms with Crippen molar-refractivity contribution in [3.8, 4) is 0 Å². The molecule has 92 valence electrons. The highest BCUT2D eigenvalue weighted by Gasteiger charge is 2.16. The van der Waals surface area contributed by atoms with Crippen molar-refractivity contribution in [3.05, 3.63) is 0 Å². The molecule has 0 aromatic rings. The van der Waals surface area contributed by atoms with Crippen LogP contribution in [0.4, 0.5) is 0 Å². The van der Waals surface area contributed by atoms with Crippen molar-refractivity contribution >= 4 is 12.2 Å². The summed E-state index contributed by atoms with van der Waals surface area (Å²) in [6, 6.07) is -0.225. The lowest BCUT2D eigenvalue weighted by molar-refractivity contribution is -0.123. The van der Waals surface area contributed by atoms with E-state index < -0.39 is 0 Å². The number of carbonyl (C=O) groups excluding carboxylic acids is 2. The van der Waals surface area contributed by atoms with E-state index in [1.807, 2.05) is 0 Å². The van der Waals surface area contributed by atoms with E-state index in [2.05, 4.69) is 5.32 Å². The highest BCUT2D eigenvalue weighted by atomic mass is 16.1. The summed E-state index contributed by atoms with van der Waals surface area (Å²) in [4.78, 5) is 22.2. The van der Waals surface area contributed by atoms with Crippen LogP contribution in [0, 0.1) is 0 Å². The fourth-order valence-corrected chi connectivity index (χ4v) is 2.30. The van der Waals surface area contributed by atoms with Crippen LogP contribution in [0.15, 0.2) is 0 Å². The van der Waals surface area contributed by atoms with E-state index in [9.17, 15) is 9.59 Å². The summed E-state index contributed by atoms with van der Waals surface area (Å²) in [5.74, 6) is 0.215. The summed E-state index contributed by atoms with van der Waals surface area (Å²) >= 11 is 0. The van der Waals surface area contributed by atoms with Crippen LogP contribution >= 0.6 is 0 Å². The normalized spacial score (nSPS) is 25.2. The molecule has 1 aliphatic rings. The molecule has 1 N–H and O–H groups in total. The topological polar surface area (TPSA) is 46.2 Å². The summed E-state index contributed by atoms with van der Waals surface area (Å²) in [5, 5.41) is 2.66. The van der Waals surface area contributed by atoms with Gasteiger partial charge in [0.15, 0.2) is 5.78 Å². The quantitative estimate of drug-likeness (QED) is 0.734. The number of nitrogens with one attached hydrogen (secondary N) is 1. The molecule has 0 heterocycles. The minimum Gasteiger partial charge on any atom is -0.349 e. The first kappa shape index (κ1) is 13.2. The second kappa shape index (κ2) is 8.31. The van der Waals surface area contributed by atoms with Gasteiger partial charge in [0.25, 0.3) is 0 Å². The first-order valence-corrected chi connectivity index (χ1v) is 6.57. The molecular weight excluding hydrogens is 202 g/mol. The molecule has 0 aromatic heterocycles. The van der Waals surface area contributed by atoms with Crippen LogP contribution in [0.2, 0.25) is 0 Å². The van der Waals surface area contributed by atoms with Crippen molar-refractivity contribution in [2.24, 2.45) is 0 Å². The standard InChI is InChI=1S/C13H23NO2/c15-11-14-12-9-7-5-3-1-2-4-6-8-10-13(12)16/h11-12H,1-10H2,(H,14,15). The van der Waals surface area contributed by atoms with Crippen LogP contribution in [0.25, 0.3) is 0 Å². The highest BCUT2D eigenvalue weighted by Crippen LogP contribution is 2.15. The molecule has 3 nitrogen and oxygen atoms in total. The number of ketones is 1. The lowest BCUT2D eigenvalue weighted by Gasteiger charge is -2.15. The Bertz CT molecular complexity index is 216. The molecule has 0 aromatic carbocycles. The van der Waals surface area contributed by atoms with E-state index in [0.717, 1.165) is 25.7 Å². The third-order valence-corrected chi connectivity index (χ3v) is 3.32. The fourth-order valence-electron chi connectivity index (χ4n) is 2.30. The van der Waals surface area contributed by atoms with Crippen LogP contribution in [-0.2, 0) is 9.59 Å². The van der Waals surface area contributed by atoms with Crippen molar-refractivity contribution in [2.75, 3.05) is 0 Å². The highest BCUT2D eigenvalue weighted by molar-refractivity contribution is 5.85. The molecule has 0 saturated heterocycles. The first-order valence-electron chi connectivity index (χ1n) is 6.57. The SMILES string of the molecule is O=CNC1CCCCCCCCCCC1=O. The largest absolute Gasteiger partial charge is 0.349 e. The molecule has 0 bridgehead atoms. The molecule has 0 spiro atoms. The van der Waals surface area contributed by atoms with Gasteiger partial charge in [-0.3, -0.25) is 9.59 Å². The van der Waals surface area contributed by atoms with E-state index in [1.54, 1.807) is 0 Å². The second-order valence-corrected chi connectivity index (χ2v) is 4.67. The summed E-state index contributed by atoms with van der Waals surface area (Å²) in [7, 11) is 0. The van der Waals surface area contributed by atoms with E-state index in [4.69, 9.17) is 0 Å². The molecule has 1 unspecified atom stereocenters. The average molecular weight is 225 g/mol. The van der Waals surface area contributed by atoms with Crippen LogP contribution in [0.5, 0.6) is 0 Å². The van der Waals surface area contributed by atoms with E-state index in [-0.39, 0.29) is 11.8 Å². The summed E-state index contributed by atoms with van der Waals surface area (Å²) < 4.78 is 0. The Morgan fingerprint density at radius 3 is 2.12 bits per heavy atom. The van der Waals surface area contributed by atoms with Gasteiger partial charge in [0.1, 0.15) is 0 Å². The van der Waals surface area contributed by atoms with Gasteiger partial charge < -0.3 is 5.32 Å². The second-order valence-electron chi connectivity index (χ2n) is 4.67. The molecule has 1 amide bonds. The van der Waals surface area contributed by atoms with Gasteiger partial charge in [-0.2, -0.15) is 0 Å². The number of carbonyl (C=O) groups is 2.